The minimum absolute atomic E-state index is 0.00961. The lowest BCUT2D eigenvalue weighted by Gasteiger charge is -2.25. The van der Waals surface area contributed by atoms with Crippen LogP contribution in [0.4, 0.5) is 5.95 Å². The van der Waals surface area contributed by atoms with Gasteiger partial charge in [-0.15, -0.1) is 5.10 Å². The van der Waals surface area contributed by atoms with Gasteiger partial charge in [0.05, 0.1) is 0 Å². The lowest BCUT2D eigenvalue weighted by molar-refractivity contribution is 0.107. The topological polar surface area (TPSA) is 86.1 Å². The average molecular weight is 264 g/mol. The largest absolute Gasteiger partial charge is 0.486 e. The van der Waals surface area contributed by atoms with Crippen LogP contribution in [0.25, 0.3) is 0 Å². The van der Waals surface area contributed by atoms with Crippen LogP contribution in [0, 0.1) is 0 Å². The molecule has 0 spiro atoms. The molecule has 18 heavy (non-hydrogen) atoms. The zero-order chi connectivity index (χ0) is 12.4. The zero-order valence-electron chi connectivity index (χ0n) is 9.50. The fourth-order valence-corrected chi connectivity index (χ4v) is 2.41. The molecule has 0 amide bonds. The quantitative estimate of drug-likeness (QED) is 0.813. The summed E-state index contributed by atoms with van der Waals surface area (Å²) in [6.45, 7) is 0.532. The van der Waals surface area contributed by atoms with Crippen molar-refractivity contribution in [2.75, 3.05) is 18.1 Å². The van der Waals surface area contributed by atoms with E-state index in [1.54, 1.807) is 0 Å². The van der Waals surface area contributed by atoms with Gasteiger partial charge in [0.15, 0.2) is 11.5 Å². The van der Waals surface area contributed by atoms with E-state index in [1.807, 2.05) is 24.3 Å². The van der Waals surface area contributed by atoms with Crippen molar-refractivity contribution in [2.24, 2.45) is 0 Å². The van der Waals surface area contributed by atoms with Gasteiger partial charge >= 0.3 is 0 Å². The molecule has 1 atom stereocenters. The first-order valence-electron chi connectivity index (χ1n) is 5.50. The van der Waals surface area contributed by atoms with Crippen molar-refractivity contribution in [1.82, 2.24) is 15.2 Å². The molecule has 1 aromatic heterocycles. The van der Waals surface area contributed by atoms with E-state index in [0.29, 0.717) is 23.5 Å². The van der Waals surface area contributed by atoms with Gasteiger partial charge in [-0.05, 0) is 12.1 Å². The summed E-state index contributed by atoms with van der Waals surface area (Å²) in [7, 11) is 0. The Morgan fingerprint density at radius 3 is 3.00 bits per heavy atom. The highest BCUT2D eigenvalue weighted by Crippen LogP contribution is 2.32. The zero-order valence-corrected chi connectivity index (χ0v) is 10.3. The summed E-state index contributed by atoms with van der Waals surface area (Å²) in [4.78, 5) is 4.02. The Labute approximate surface area is 108 Å². The van der Waals surface area contributed by atoms with E-state index in [0.717, 1.165) is 11.5 Å². The van der Waals surface area contributed by atoms with Gasteiger partial charge < -0.3 is 15.2 Å². The van der Waals surface area contributed by atoms with Crippen molar-refractivity contribution in [3.05, 3.63) is 24.3 Å². The second-order valence-corrected chi connectivity index (χ2v) is 4.80. The highest BCUT2D eigenvalue weighted by Gasteiger charge is 2.21. The standard InChI is InChI=1S/C11H12N4O2S/c12-10-13-11(15-14-10)18-6-7-5-16-8-3-1-2-4-9(8)17-7/h1-4,7H,5-6H2,(H3,12,13,14,15). The van der Waals surface area contributed by atoms with Crippen LogP contribution in [0.15, 0.2) is 29.4 Å². The summed E-state index contributed by atoms with van der Waals surface area (Å²) in [5.41, 5.74) is 5.45. The molecule has 1 aliphatic rings. The Morgan fingerprint density at radius 1 is 1.39 bits per heavy atom. The summed E-state index contributed by atoms with van der Waals surface area (Å²) in [5, 5.41) is 7.17. The summed E-state index contributed by atoms with van der Waals surface area (Å²) in [6.07, 6.45) is -0.00961. The number of benzene rings is 1. The van der Waals surface area contributed by atoms with Crippen LogP contribution in [0.3, 0.4) is 0 Å². The van der Waals surface area contributed by atoms with Crippen LogP contribution < -0.4 is 15.2 Å². The number of nitrogen functional groups attached to an aromatic ring is 1. The van der Waals surface area contributed by atoms with Crippen molar-refractivity contribution in [1.29, 1.82) is 0 Å². The lowest BCUT2D eigenvalue weighted by Crippen LogP contribution is -2.31. The third kappa shape index (κ3) is 2.35. The number of thioether (sulfide) groups is 1. The number of hydrogen-bond acceptors (Lipinski definition) is 6. The molecular weight excluding hydrogens is 252 g/mol. The monoisotopic (exact) mass is 264 g/mol. The number of nitrogens with zero attached hydrogens (tertiary/aromatic N) is 2. The van der Waals surface area contributed by atoms with E-state index in [-0.39, 0.29) is 6.10 Å². The number of rotatable bonds is 3. The number of nitrogens with two attached hydrogens (primary N) is 1. The number of ether oxygens (including phenoxy) is 2. The van der Waals surface area contributed by atoms with Gasteiger partial charge in [0, 0.05) is 5.75 Å². The second-order valence-electron chi connectivity index (χ2n) is 3.81. The number of fused-ring (bicyclic) bond motifs is 1. The summed E-state index contributed by atoms with van der Waals surface area (Å²) >= 11 is 1.48. The molecule has 2 aromatic rings. The van der Waals surface area contributed by atoms with E-state index in [9.17, 15) is 0 Å². The Bertz CT molecular complexity index is 545. The summed E-state index contributed by atoms with van der Waals surface area (Å²) < 4.78 is 11.4. The Balaban J connectivity index is 1.59. The maximum Gasteiger partial charge on any atom is 0.216 e. The molecule has 0 saturated carbocycles. The molecule has 0 radical (unpaired) electrons. The molecule has 1 aliphatic heterocycles. The molecule has 7 heteroatoms. The van der Waals surface area contributed by atoms with Crippen LogP contribution in [0.5, 0.6) is 11.5 Å². The second kappa shape index (κ2) is 4.77. The van der Waals surface area contributed by atoms with Gasteiger partial charge in [-0.25, -0.2) is 5.10 Å². The minimum Gasteiger partial charge on any atom is -0.486 e. The molecule has 0 saturated heterocycles. The first-order valence-corrected chi connectivity index (χ1v) is 6.49. The number of nitrogens with one attached hydrogen (secondary N) is 1. The maximum absolute atomic E-state index is 5.82. The van der Waals surface area contributed by atoms with Crippen molar-refractivity contribution in [3.8, 4) is 11.5 Å². The smallest absolute Gasteiger partial charge is 0.216 e. The predicted octanol–water partition coefficient (Wildman–Crippen LogP) is 1.32. The summed E-state index contributed by atoms with van der Waals surface area (Å²) in [5.74, 6) is 2.61. The van der Waals surface area contributed by atoms with E-state index in [1.165, 1.54) is 11.8 Å². The number of para-hydroxylation sites is 2. The molecule has 2 heterocycles. The Hall–Kier alpha value is -1.89. The summed E-state index contributed by atoms with van der Waals surface area (Å²) in [6, 6.07) is 7.65. The van der Waals surface area contributed by atoms with Crippen molar-refractivity contribution in [3.63, 3.8) is 0 Å². The van der Waals surface area contributed by atoms with Gasteiger partial charge in [0.1, 0.15) is 12.7 Å². The third-order valence-electron chi connectivity index (χ3n) is 2.45. The highest BCUT2D eigenvalue weighted by atomic mass is 32.2. The Morgan fingerprint density at radius 2 is 2.22 bits per heavy atom. The maximum atomic E-state index is 5.82. The van der Waals surface area contributed by atoms with Crippen molar-refractivity contribution in [2.45, 2.75) is 11.3 Å². The molecule has 3 N–H and O–H groups in total. The molecule has 0 aliphatic carbocycles. The highest BCUT2D eigenvalue weighted by molar-refractivity contribution is 7.99. The van der Waals surface area contributed by atoms with Crippen LogP contribution in [0.2, 0.25) is 0 Å². The number of H-pyrrole nitrogens is 1. The van der Waals surface area contributed by atoms with E-state index < -0.39 is 0 Å². The predicted molar refractivity (Wildman–Crippen MR) is 67.9 cm³/mol. The van der Waals surface area contributed by atoms with Gasteiger partial charge in [-0.1, -0.05) is 23.9 Å². The van der Waals surface area contributed by atoms with Gasteiger partial charge in [0.25, 0.3) is 0 Å². The number of anilines is 1. The fourth-order valence-electron chi connectivity index (χ4n) is 1.64. The van der Waals surface area contributed by atoms with Crippen LogP contribution in [-0.2, 0) is 0 Å². The molecule has 1 aromatic carbocycles. The molecule has 3 rings (SSSR count). The first-order chi connectivity index (χ1) is 8.81. The molecule has 94 valence electrons. The lowest BCUT2D eigenvalue weighted by atomic mass is 10.3. The van der Waals surface area contributed by atoms with Gasteiger partial charge in [0.2, 0.25) is 11.1 Å². The van der Waals surface area contributed by atoms with Crippen LogP contribution >= 0.6 is 11.8 Å². The van der Waals surface area contributed by atoms with Gasteiger partial charge in [-0.2, -0.15) is 4.98 Å². The van der Waals surface area contributed by atoms with Gasteiger partial charge in [-0.3, -0.25) is 0 Å². The number of aromatic nitrogens is 3. The Kier molecular flexibility index (Phi) is 2.97. The molecule has 0 fully saturated rings. The van der Waals surface area contributed by atoms with Crippen molar-refractivity contribution >= 4 is 17.7 Å². The van der Waals surface area contributed by atoms with E-state index in [4.69, 9.17) is 15.2 Å². The minimum atomic E-state index is -0.00961. The molecule has 0 bridgehead atoms. The van der Waals surface area contributed by atoms with Crippen LogP contribution in [-0.4, -0.2) is 33.6 Å². The van der Waals surface area contributed by atoms with Crippen molar-refractivity contribution < 1.29 is 9.47 Å². The van der Waals surface area contributed by atoms with Crippen LogP contribution in [0.1, 0.15) is 0 Å². The third-order valence-corrected chi connectivity index (χ3v) is 3.43. The fraction of sp³-hybridized carbons (Fsp3) is 0.273. The SMILES string of the molecule is Nc1nc(SCC2COc3ccccc3O2)n[nH]1. The molecule has 1 unspecified atom stereocenters. The first kappa shape index (κ1) is 11.2. The normalized spacial score (nSPS) is 17.7. The average Bonchev–Trinajstić information content (AvgIpc) is 2.82. The van der Waals surface area contributed by atoms with E-state index >= 15 is 0 Å². The molecular formula is C11H12N4O2S. The molecule has 6 nitrogen and oxygen atoms in total. The van der Waals surface area contributed by atoms with E-state index in [2.05, 4.69) is 15.2 Å². The number of hydrogen-bond donors (Lipinski definition) is 2. The number of aromatic amines is 1.